The van der Waals surface area contributed by atoms with Crippen molar-refractivity contribution >= 4 is 5.69 Å². The fourth-order valence-corrected chi connectivity index (χ4v) is 1.86. The summed E-state index contributed by atoms with van der Waals surface area (Å²) in [7, 11) is 0. The molecule has 20 heavy (non-hydrogen) atoms. The van der Waals surface area contributed by atoms with E-state index in [0.29, 0.717) is 17.1 Å². The van der Waals surface area contributed by atoms with Crippen molar-refractivity contribution < 1.29 is 14.1 Å². The van der Waals surface area contributed by atoms with Gasteiger partial charge in [0.05, 0.1) is 4.92 Å². The Labute approximate surface area is 114 Å². The van der Waals surface area contributed by atoms with E-state index >= 15 is 0 Å². The third-order valence-electron chi connectivity index (χ3n) is 2.87. The molecule has 0 aromatic heterocycles. The van der Waals surface area contributed by atoms with Crippen LogP contribution in [0.2, 0.25) is 0 Å². The Hall–Kier alpha value is -2.47. The number of nitro benzene ring substituents is 1. The lowest BCUT2D eigenvalue weighted by atomic mass is 10.1. The summed E-state index contributed by atoms with van der Waals surface area (Å²) >= 11 is 0. The molecule has 0 aliphatic carbocycles. The number of nitro groups is 1. The third kappa shape index (κ3) is 2.75. The molecule has 0 saturated heterocycles. The number of hydrogen-bond donors (Lipinski definition) is 1. The highest BCUT2D eigenvalue weighted by molar-refractivity contribution is 5.46. The molecule has 2 N–H and O–H groups in total. The van der Waals surface area contributed by atoms with Crippen LogP contribution in [0, 0.1) is 22.9 Å². The fourth-order valence-electron chi connectivity index (χ4n) is 1.86. The molecule has 0 aliphatic rings. The summed E-state index contributed by atoms with van der Waals surface area (Å²) in [4.78, 5) is 10.3. The molecule has 0 bridgehead atoms. The zero-order chi connectivity index (χ0) is 14.7. The lowest BCUT2D eigenvalue weighted by Crippen LogP contribution is -2.02. The molecule has 0 unspecified atom stereocenters. The van der Waals surface area contributed by atoms with Crippen LogP contribution < -0.4 is 10.5 Å². The van der Waals surface area contributed by atoms with Gasteiger partial charge in [-0.05, 0) is 31.2 Å². The van der Waals surface area contributed by atoms with Crippen molar-refractivity contribution in [3.05, 3.63) is 63.5 Å². The van der Waals surface area contributed by atoms with Gasteiger partial charge in [0, 0.05) is 23.7 Å². The second kappa shape index (κ2) is 5.66. The molecule has 2 aromatic rings. The molecular formula is C14H13FN2O3. The van der Waals surface area contributed by atoms with Crippen molar-refractivity contribution in [2.24, 2.45) is 5.73 Å². The van der Waals surface area contributed by atoms with Crippen molar-refractivity contribution in [2.75, 3.05) is 0 Å². The molecule has 2 rings (SSSR count). The Morgan fingerprint density at radius 2 is 2.10 bits per heavy atom. The molecule has 0 amide bonds. The maximum atomic E-state index is 13.6. The van der Waals surface area contributed by atoms with Crippen LogP contribution in [0.5, 0.6) is 11.5 Å². The highest BCUT2D eigenvalue weighted by Gasteiger charge is 2.13. The van der Waals surface area contributed by atoms with Gasteiger partial charge in [0.15, 0.2) is 0 Å². The van der Waals surface area contributed by atoms with E-state index in [0.717, 1.165) is 0 Å². The van der Waals surface area contributed by atoms with E-state index in [1.54, 1.807) is 13.0 Å². The molecule has 104 valence electrons. The number of aryl methyl sites for hydroxylation is 1. The lowest BCUT2D eigenvalue weighted by Gasteiger charge is -2.11. The van der Waals surface area contributed by atoms with Gasteiger partial charge in [-0.25, -0.2) is 4.39 Å². The first-order valence-corrected chi connectivity index (χ1v) is 5.93. The van der Waals surface area contributed by atoms with Gasteiger partial charge in [-0.1, -0.05) is 6.07 Å². The Kier molecular flexibility index (Phi) is 3.95. The summed E-state index contributed by atoms with van der Waals surface area (Å²) in [5.41, 5.74) is 6.24. The number of rotatable bonds is 4. The number of nitrogens with zero attached hydrogens (tertiary/aromatic N) is 1. The number of halogens is 1. The molecule has 0 heterocycles. The van der Waals surface area contributed by atoms with E-state index in [1.807, 2.05) is 0 Å². The largest absolute Gasteiger partial charge is 0.457 e. The van der Waals surface area contributed by atoms with Crippen LogP contribution in [-0.4, -0.2) is 4.92 Å². The number of hydrogen-bond acceptors (Lipinski definition) is 4. The second-order valence-electron chi connectivity index (χ2n) is 4.23. The zero-order valence-electron chi connectivity index (χ0n) is 10.8. The van der Waals surface area contributed by atoms with Crippen molar-refractivity contribution in [1.82, 2.24) is 0 Å². The number of ether oxygens (including phenoxy) is 1. The van der Waals surface area contributed by atoms with Crippen LogP contribution in [0.3, 0.4) is 0 Å². The molecule has 0 spiro atoms. The average Bonchev–Trinajstić information content (AvgIpc) is 2.38. The van der Waals surface area contributed by atoms with Gasteiger partial charge >= 0.3 is 0 Å². The third-order valence-corrected chi connectivity index (χ3v) is 2.87. The van der Waals surface area contributed by atoms with Crippen molar-refractivity contribution in [2.45, 2.75) is 13.5 Å². The van der Waals surface area contributed by atoms with Crippen molar-refractivity contribution in [3.8, 4) is 11.5 Å². The summed E-state index contributed by atoms with van der Waals surface area (Å²) in [6, 6.07) is 8.77. The first kappa shape index (κ1) is 14.0. The Bertz CT molecular complexity index is 659. The van der Waals surface area contributed by atoms with Crippen LogP contribution in [0.1, 0.15) is 11.1 Å². The Balaban J connectivity index is 2.34. The maximum Gasteiger partial charge on any atom is 0.272 e. The van der Waals surface area contributed by atoms with Crippen molar-refractivity contribution in [3.63, 3.8) is 0 Å². The average molecular weight is 276 g/mol. The van der Waals surface area contributed by atoms with Gasteiger partial charge in [0.2, 0.25) is 0 Å². The predicted octanol–water partition coefficient (Wildman–Crippen LogP) is 3.29. The Morgan fingerprint density at radius 3 is 2.70 bits per heavy atom. The summed E-state index contributed by atoms with van der Waals surface area (Å²) in [5.74, 6) is 0.262. The quantitative estimate of drug-likeness (QED) is 0.686. The summed E-state index contributed by atoms with van der Waals surface area (Å²) in [6.45, 7) is 1.62. The highest BCUT2D eigenvalue weighted by Crippen LogP contribution is 2.30. The van der Waals surface area contributed by atoms with E-state index in [-0.39, 0.29) is 17.8 Å². The minimum Gasteiger partial charge on any atom is -0.457 e. The molecule has 2 aromatic carbocycles. The number of nitrogens with two attached hydrogens (primary N) is 1. The zero-order valence-corrected chi connectivity index (χ0v) is 10.8. The fraction of sp³-hybridized carbons (Fsp3) is 0.143. The predicted molar refractivity (Wildman–Crippen MR) is 72.2 cm³/mol. The SMILES string of the molecule is Cc1cc(Oc2cccc(F)c2CN)ccc1[N+](=O)[O-]. The van der Waals surface area contributed by atoms with Gasteiger partial charge in [0.1, 0.15) is 17.3 Å². The maximum absolute atomic E-state index is 13.6. The smallest absolute Gasteiger partial charge is 0.272 e. The van der Waals surface area contributed by atoms with E-state index in [2.05, 4.69) is 0 Å². The standard InChI is InChI=1S/C14H13FN2O3/c1-9-7-10(5-6-13(9)17(18)19)20-14-4-2-3-12(15)11(14)8-16/h2-7H,8,16H2,1H3. The normalized spacial score (nSPS) is 10.3. The highest BCUT2D eigenvalue weighted by atomic mass is 19.1. The van der Waals surface area contributed by atoms with E-state index in [9.17, 15) is 14.5 Å². The van der Waals surface area contributed by atoms with Crippen LogP contribution in [0.15, 0.2) is 36.4 Å². The molecule has 0 aliphatic heterocycles. The minimum atomic E-state index is -0.466. The van der Waals surface area contributed by atoms with E-state index in [4.69, 9.17) is 10.5 Å². The minimum absolute atomic E-state index is 0.00791. The first-order valence-electron chi connectivity index (χ1n) is 5.93. The first-order chi connectivity index (χ1) is 9.52. The van der Waals surface area contributed by atoms with Gasteiger partial charge in [-0.15, -0.1) is 0 Å². The van der Waals surface area contributed by atoms with E-state index in [1.165, 1.54) is 30.3 Å². The summed E-state index contributed by atoms with van der Waals surface area (Å²) < 4.78 is 19.1. The monoisotopic (exact) mass is 276 g/mol. The van der Waals surface area contributed by atoms with Gasteiger partial charge in [-0.3, -0.25) is 10.1 Å². The van der Waals surface area contributed by atoms with E-state index < -0.39 is 10.7 Å². The molecule has 6 heteroatoms. The second-order valence-corrected chi connectivity index (χ2v) is 4.23. The van der Waals surface area contributed by atoms with Crippen LogP contribution >= 0.6 is 0 Å². The molecule has 0 saturated carbocycles. The molecule has 0 fully saturated rings. The van der Waals surface area contributed by atoms with Crippen LogP contribution in [0.25, 0.3) is 0 Å². The summed E-state index contributed by atoms with van der Waals surface area (Å²) in [5, 5.41) is 10.7. The topological polar surface area (TPSA) is 78.4 Å². The lowest BCUT2D eigenvalue weighted by molar-refractivity contribution is -0.385. The molecule has 0 radical (unpaired) electrons. The number of benzene rings is 2. The van der Waals surface area contributed by atoms with Crippen molar-refractivity contribution in [1.29, 1.82) is 0 Å². The molecular weight excluding hydrogens is 263 g/mol. The van der Waals surface area contributed by atoms with Crippen LogP contribution in [0.4, 0.5) is 10.1 Å². The van der Waals surface area contributed by atoms with Gasteiger partial charge < -0.3 is 10.5 Å². The molecule has 0 atom stereocenters. The molecule has 5 nitrogen and oxygen atoms in total. The Morgan fingerprint density at radius 1 is 1.35 bits per heavy atom. The summed E-state index contributed by atoms with van der Waals surface area (Å²) in [6.07, 6.45) is 0. The van der Waals surface area contributed by atoms with Crippen LogP contribution in [-0.2, 0) is 6.54 Å². The van der Waals surface area contributed by atoms with Gasteiger partial charge in [0.25, 0.3) is 5.69 Å². The van der Waals surface area contributed by atoms with Gasteiger partial charge in [-0.2, -0.15) is 0 Å².